The summed E-state index contributed by atoms with van der Waals surface area (Å²) < 4.78 is 25.1. The number of carbonyl (C=O) groups is 2. The molecule has 6 nitrogen and oxygen atoms in total. The normalized spacial score (nSPS) is 46.5. The molecule has 0 amide bonds. The van der Waals surface area contributed by atoms with Gasteiger partial charge in [-0.1, -0.05) is 13.8 Å². The first kappa shape index (κ1) is 22.1. The van der Waals surface area contributed by atoms with Gasteiger partial charge in [0.2, 0.25) is 6.29 Å². The van der Waals surface area contributed by atoms with Crippen molar-refractivity contribution in [2.75, 3.05) is 13.9 Å². The van der Waals surface area contributed by atoms with Crippen molar-refractivity contribution in [2.24, 2.45) is 34.5 Å². The van der Waals surface area contributed by atoms with Crippen molar-refractivity contribution < 1.29 is 33.7 Å². The zero-order chi connectivity index (χ0) is 21.8. The zero-order valence-electron chi connectivity index (χ0n) is 18.0. The molecule has 0 aromatic carbocycles. The number of hydrogen-bond acceptors (Lipinski definition) is 6. The van der Waals surface area contributed by atoms with Gasteiger partial charge in [-0.05, 0) is 72.3 Å². The molecular weight excluding hydrogens is 391 g/mol. The third-order valence-corrected chi connectivity index (χ3v) is 8.80. The van der Waals surface area contributed by atoms with Gasteiger partial charge in [0, 0.05) is 19.4 Å². The van der Waals surface area contributed by atoms with Crippen LogP contribution in [0.4, 0.5) is 4.39 Å². The van der Waals surface area contributed by atoms with Crippen LogP contribution in [-0.4, -0.2) is 54.2 Å². The van der Waals surface area contributed by atoms with Crippen LogP contribution < -0.4 is 0 Å². The smallest absolute Gasteiger partial charge is 0.217 e. The number of ether oxygens (including phenoxy) is 2. The van der Waals surface area contributed by atoms with E-state index in [2.05, 4.69) is 0 Å². The molecule has 1 unspecified atom stereocenters. The van der Waals surface area contributed by atoms with Crippen LogP contribution in [0.5, 0.6) is 0 Å². The van der Waals surface area contributed by atoms with Gasteiger partial charge < -0.3 is 19.7 Å². The summed E-state index contributed by atoms with van der Waals surface area (Å²) in [6.07, 6.45) is 1.06. The number of halogens is 1. The average molecular weight is 425 g/mol. The van der Waals surface area contributed by atoms with Gasteiger partial charge in [0.1, 0.15) is 13.0 Å². The highest BCUT2D eigenvalue weighted by molar-refractivity contribution is 5.92. The number of aliphatic hydroxyl groups is 2. The molecule has 3 fully saturated rings. The maximum atomic E-state index is 15.3. The minimum absolute atomic E-state index is 0.0321. The first-order chi connectivity index (χ1) is 14.1. The number of hydrogen-bond donors (Lipinski definition) is 2. The number of Topliss-reactive ketones (excluding diaryl/α,β-unsaturated/α-hetero) is 1. The Labute approximate surface area is 176 Å². The highest BCUT2D eigenvalue weighted by Gasteiger charge is 2.64. The van der Waals surface area contributed by atoms with E-state index in [1.807, 2.05) is 13.8 Å². The molecule has 4 aliphatic carbocycles. The molecule has 4 rings (SSSR count). The van der Waals surface area contributed by atoms with Crippen LogP contribution in [0.1, 0.15) is 52.4 Å². The summed E-state index contributed by atoms with van der Waals surface area (Å²) in [6, 6.07) is 0. The molecule has 0 aromatic heterocycles. The number of carbonyl (C=O) groups excluding carboxylic acids is 2. The fourth-order valence-corrected chi connectivity index (χ4v) is 7.55. The van der Waals surface area contributed by atoms with Gasteiger partial charge in [-0.25, -0.2) is 4.39 Å². The van der Waals surface area contributed by atoms with Crippen molar-refractivity contribution >= 4 is 11.6 Å². The van der Waals surface area contributed by atoms with Gasteiger partial charge in [0.25, 0.3) is 0 Å². The maximum absolute atomic E-state index is 15.3. The van der Waals surface area contributed by atoms with Crippen molar-refractivity contribution in [2.45, 2.75) is 70.9 Å². The lowest BCUT2D eigenvalue weighted by Gasteiger charge is -2.60. The van der Waals surface area contributed by atoms with E-state index >= 15 is 4.39 Å². The van der Waals surface area contributed by atoms with E-state index in [0.29, 0.717) is 31.3 Å². The molecule has 4 aliphatic rings. The summed E-state index contributed by atoms with van der Waals surface area (Å²) in [5.41, 5.74) is -0.492. The molecule has 30 heavy (non-hydrogen) atoms. The second kappa shape index (κ2) is 7.76. The van der Waals surface area contributed by atoms with Crippen LogP contribution in [0.15, 0.2) is 11.6 Å². The van der Waals surface area contributed by atoms with Gasteiger partial charge in [-0.2, -0.15) is 0 Å². The molecule has 0 heterocycles. The zero-order valence-corrected chi connectivity index (χ0v) is 18.0. The van der Waals surface area contributed by atoms with Crippen molar-refractivity contribution in [3.63, 3.8) is 0 Å². The van der Waals surface area contributed by atoms with Crippen LogP contribution >= 0.6 is 0 Å². The first-order valence-corrected chi connectivity index (χ1v) is 11.0. The predicted molar refractivity (Wildman–Crippen MR) is 106 cm³/mol. The van der Waals surface area contributed by atoms with Crippen molar-refractivity contribution in [3.05, 3.63) is 11.6 Å². The molecule has 0 aromatic rings. The van der Waals surface area contributed by atoms with Crippen LogP contribution in [0.25, 0.3) is 0 Å². The third-order valence-electron chi connectivity index (χ3n) is 8.80. The number of allylic oxidation sites excluding steroid dienone is 1. The SMILES string of the molecule is COCOC(O)C(=O)[C@H]1CC[C@H]2[C@@H]3C[C@H](F)C4=CC(=O)CC[C@]4(C)[C@H]3[C@@H](O)C[C@]12C. The van der Waals surface area contributed by atoms with E-state index < -0.39 is 35.3 Å². The number of fused-ring (bicyclic) bond motifs is 5. The first-order valence-electron chi connectivity index (χ1n) is 11.0. The van der Waals surface area contributed by atoms with E-state index in [9.17, 15) is 19.8 Å². The van der Waals surface area contributed by atoms with E-state index in [0.717, 1.165) is 6.42 Å². The van der Waals surface area contributed by atoms with Crippen molar-refractivity contribution in [1.29, 1.82) is 0 Å². The minimum Gasteiger partial charge on any atom is -0.393 e. The molecule has 9 atom stereocenters. The highest BCUT2D eigenvalue weighted by Crippen LogP contribution is 2.67. The number of ketones is 2. The van der Waals surface area contributed by atoms with E-state index in [1.165, 1.54) is 13.2 Å². The van der Waals surface area contributed by atoms with Gasteiger partial charge >= 0.3 is 0 Å². The van der Waals surface area contributed by atoms with Gasteiger partial charge in [-0.15, -0.1) is 0 Å². The van der Waals surface area contributed by atoms with E-state index in [4.69, 9.17) is 9.47 Å². The third kappa shape index (κ3) is 3.20. The second-order valence-corrected chi connectivity index (χ2v) is 10.2. The molecule has 3 saturated carbocycles. The monoisotopic (exact) mass is 424 g/mol. The quantitative estimate of drug-likeness (QED) is 0.659. The number of alkyl halides is 1. The Bertz CT molecular complexity index is 752. The lowest BCUT2D eigenvalue weighted by atomic mass is 9.45. The van der Waals surface area contributed by atoms with E-state index in [-0.39, 0.29) is 42.5 Å². The summed E-state index contributed by atoms with van der Waals surface area (Å²) in [5.74, 6) is -0.950. The summed E-state index contributed by atoms with van der Waals surface area (Å²) in [4.78, 5) is 24.9. The Kier molecular flexibility index (Phi) is 5.71. The molecular formula is C23H33FO6. The molecule has 0 saturated heterocycles. The lowest BCUT2D eigenvalue weighted by Crippen LogP contribution is -2.59. The fraction of sp³-hybridized carbons (Fsp3) is 0.826. The van der Waals surface area contributed by atoms with Gasteiger partial charge in [0.05, 0.1) is 6.10 Å². The Hall–Kier alpha value is -1.15. The predicted octanol–water partition coefficient (Wildman–Crippen LogP) is 2.56. The summed E-state index contributed by atoms with van der Waals surface area (Å²) in [5, 5.41) is 21.5. The second-order valence-electron chi connectivity index (χ2n) is 10.2. The number of methoxy groups -OCH3 is 1. The maximum Gasteiger partial charge on any atom is 0.217 e. The summed E-state index contributed by atoms with van der Waals surface area (Å²) >= 11 is 0. The van der Waals surface area contributed by atoms with Crippen molar-refractivity contribution in [1.82, 2.24) is 0 Å². The molecule has 0 radical (unpaired) electrons. The molecule has 0 bridgehead atoms. The van der Waals surface area contributed by atoms with Gasteiger partial charge in [-0.3, -0.25) is 9.59 Å². The Balaban J connectivity index is 1.63. The molecule has 0 aliphatic heterocycles. The largest absolute Gasteiger partial charge is 0.393 e. The highest BCUT2D eigenvalue weighted by atomic mass is 19.1. The molecule has 7 heteroatoms. The topological polar surface area (TPSA) is 93.1 Å². The van der Waals surface area contributed by atoms with Crippen LogP contribution in [-0.2, 0) is 19.1 Å². The van der Waals surface area contributed by atoms with E-state index in [1.54, 1.807) is 0 Å². The minimum atomic E-state index is -1.56. The molecule has 0 spiro atoms. The summed E-state index contributed by atoms with van der Waals surface area (Å²) in [6.45, 7) is 3.82. The Morgan fingerprint density at radius 2 is 2.10 bits per heavy atom. The molecule has 2 N–H and O–H groups in total. The summed E-state index contributed by atoms with van der Waals surface area (Å²) in [7, 11) is 1.42. The number of rotatable bonds is 5. The number of aliphatic hydroxyl groups excluding tert-OH is 2. The van der Waals surface area contributed by atoms with Crippen LogP contribution in [0.2, 0.25) is 0 Å². The standard InChI is InChI=1S/C23H33FO6/c1-22-7-6-12(25)8-16(22)17(24)9-13-14-4-5-15(20(27)21(28)30-11-29-3)23(14,2)10-18(26)19(13)22/h8,13-15,17-19,21,26,28H,4-7,9-11H2,1-3H3/t13-,14-,15+,17-,18-,19+,21?,22-,23-/m0/s1. The van der Waals surface area contributed by atoms with Crippen LogP contribution in [0.3, 0.4) is 0 Å². The lowest BCUT2D eigenvalue weighted by molar-refractivity contribution is -0.188. The van der Waals surface area contributed by atoms with Gasteiger partial charge in [0.15, 0.2) is 11.6 Å². The van der Waals surface area contributed by atoms with Crippen LogP contribution in [0, 0.1) is 34.5 Å². The van der Waals surface area contributed by atoms with Crippen molar-refractivity contribution in [3.8, 4) is 0 Å². The molecule has 168 valence electrons. The Morgan fingerprint density at radius 1 is 1.37 bits per heavy atom. The average Bonchev–Trinajstić information content (AvgIpc) is 3.03. The Morgan fingerprint density at radius 3 is 2.80 bits per heavy atom. The fourth-order valence-electron chi connectivity index (χ4n) is 7.55.